The molecule has 2 heterocycles. The maximum Gasteiger partial charge on any atom is 0.352 e. The minimum Gasteiger partial charge on any atom is -0.477 e. The Morgan fingerprint density at radius 2 is 1.39 bits per heavy atom. The smallest absolute Gasteiger partial charge is 0.352 e. The van der Waals surface area contributed by atoms with Crippen LogP contribution in [0.5, 0.6) is 0 Å². The average Bonchev–Trinajstić information content (AvgIpc) is 3.19. The second-order valence-electron chi connectivity index (χ2n) is 14.8. The molecule has 3 aliphatic rings. The molecule has 1 unspecified atom stereocenters. The van der Waals surface area contributed by atoms with Gasteiger partial charge < -0.3 is 15.2 Å². The molecule has 1 aliphatic carbocycles. The van der Waals surface area contributed by atoms with Crippen LogP contribution in [0.3, 0.4) is 0 Å². The van der Waals surface area contributed by atoms with Gasteiger partial charge in [0.15, 0.2) is 5.60 Å². The molecule has 2 N–H and O–H groups in total. The van der Waals surface area contributed by atoms with Crippen LogP contribution >= 0.6 is 23.5 Å². The first kappa shape index (κ1) is 37.3. The third-order valence-corrected chi connectivity index (χ3v) is 12.5. The third-order valence-electron chi connectivity index (χ3n) is 10.1. The molecule has 4 aromatic rings. The molecule has 2 aliphatic heterocycles. The Balaban J connectivity index is 0.991. The lowest BCUT2D eigenvalue weighted by atomic mass is 9.80. The monoisotopic (exact) mass is 756 g/mol. The maximum absolute atomic E-state index is 13.4. The Kier molecular flexibility index (Phi) is 10.9. The third kappa shape index (κ3) is 7.66. The lowest BCUT2D eigenvalue weighted by molar-refractivity contribution is -0.150. The van der Waals surface area contributed by atoms with E-state index in [2.05, 4.69) is 86.8 Å². The van der Waals surface area contributed by atoms with E-state index in [9.17, 15) is 19.5 Å². The van der Waals surface area contributed by atoms with Crippen LogP contribution in [-0.2, 0) is 30.1 Å². The van der Waals surface area contributed by atoms with Crippen molar-refractivity contribution in [2.75, 3.05) is 11.5 Å². The molecular weight excluding hydrogens is 713 g/mol. The van der Waals surface area contributed by atoms with Crippen LogP contribution in [0.1, 0.15) is 62.3 Å². The number of rotatable bonds is 12. The highest BCUT2D eigenvalue weighted by molar-refractivity contribution is 8.01. The van der Waals surface area contributed by atoms with Gasteiger partial charge in [-0.05, 0) is 41.2 Å². The SMILES string of the molecule is CC(C)(C)c1ccc(SCC2=C(C(=O)O)N3C(=O)C(NC(=O)CC4=CCC(OC(c5ccccc5)(c5ccccc5)c5ccccc5)=CC4)[C@@H]3SC2)cc1. The summed E-state index contributed by atoms with van der Waals surface area (Å²) in [6, 6.07) is 38.2. The first-order valence-corrected chi connectivity index (χ1v) is 20.2. The summed E-state index contributed by atoms with van der Waals surface area (Å²) in [6.07, 6.45) is 5.27. The highest BCUT2D eigenvalue weighted by atomic mass is 32.2. The number of carboxylic acids is 1. The summed E-state index contributed by atoms with van der Waals surface area (Å²) >= 11 is 3.06. The van der Waals surface area contributed by atoms with Crippen molar-refractivity contribution in [3.8, 4) is 0 Å². The highest BCUT2D eigenvalue weighted by Crippen LogP contribution is 2.44. The van der Waals surface area contributed by atoms with Gasteiger partial charge in [0.1, 0.15) is 17.1 Å². The number of nitrogens with zero attached hydrogens (tertiary/aromatic N) is 1. The van der Waals surface area contributed by atoms with Gasteiger partial charge in [-0.15, -0.1) is 23.5 Å². The number of amides is 2. The molecule has 4 aromatic carbocycles. The minimum atomic E-state index is -1.12. The van der Waals surface area contributed by atoms with E-state index in [1.54, 1.807) is 11.8 Å². The summed E-state index contributed by atoms with van der Waals surface area (Å²) in [7, 11) is 0. The number of thioether (sulfide) groups is 2. The Morgan fingerprint density at radius 3 is 1.89 bits per heavy atom. The quantitative estimate of drug-likeness (QED) is 0.0646. The zero-order valence-electron chi connectivity index (χ0n) is 30.7. The lowest BCUT2D eigenvalue weighted by Crippen LogP contribution is -2.70. The molecule has 1 saturated heterocycles. The zero-order chi connectivity index (χ0) is 37.9. The van der Waals surface area contributed by atoms with Crippen molar-refractivity contribution in [1.29, 1.82) is 0 Å². The van der Waals surface area contributed by atoms with E-state index < -0.39 is 23.0 Å². The number of fused-ring (bicyclic) bond motifs is 1. The standard InChI is InChI=1S/C45H44N2O5S2/c1-44(2,3)32-21-25-37(26-22-32)53-28-31-29-54-42-39(41(49)47(42)40(31)43(50)51)46-38(48)27-30-19-23-36(24-20-30)52-45(33-13-7-4-8-14-33,34-15-9-5-10-16-34)35-17-11-6-12-18-35/h4-19,21-22,24-26,39,42H,20,23,27-29H2,1-3H3,(H,46,48)(H,50,51)/t39?,42-/m0/s1. The molecule has 54 heavy (non-hydrogen) atoms. The van der Waals surface area contributed by atoms with Gasteiger partial charge in [-0.2, -0.15) is 0 Å². The van der Waals surface area contributed by atoms with Gasteiger partial charge in [-0.25, -0.2) is 4.79 Å². The van der Waals surface area contributed by atoms with E-state index in [-0.39, 0.29) is 29.3 Å². The number of hydrogen-bond donors (Lipinski definition) is 2. The average molecular weight is 757 g/mol. The molecule has 0 bridgehead atoms. The molecule has 1 fully saturated rings. The van der Waals surface area contributed by atoms with E-state index >= 15 is 0 Å². The number of carboxylic acid groups (broad SMARTS) is 1. The molecule has 0 aromatic heterocycles. The van der Waals surface area contributed by atoms with E-state index in [1.807, 2.05) is 66.7 Å². The first-order chi connectivity index (χ1) is 26.0. The number of benzene rings is 4. The van der Waals surface area contributed by atoms with Crippen molar-refractivity contribution < 1.29 is 24.2 Å². The number of β-lactam (4-membered cyclic amide) rings is 1. The molecule has 2 amide bonds. The highest BCUT2D eigenvalue weighted by Gasteiger charge is 2.54. The van der Waals surface area contributed by atoms with Crippen LogP contribution in [0.2, 0.25) is 0 Å². The molecule has 2 atom stereocenters. The van der Waals surface area contributed by atoms with E-state index in [4.69, 9.17) is 4.74 Å². The van der Waals surface area contributed by atoms with Crippen LogP contribution in [0, 0.1) is 0 Å². The van der Waals surface area contributed by atoms with Gasteiger partial charge in [-0.3, -0.25) is 14.5 Å². The van der Waals surface area contributed by atoms with Gasteiger partial charge >= 0.3 is 5.97 Å². The number of aliphatic carboxylic acids is 1. The van der Waals surface area contributed by atoms with Crippen molar-refractivity contribution >= 4 is 41.3 Å². The Hall–Kier alpha value is -4.99. The molecular formula is C45H44N2O5S2. The number of allylic oxidation sites excluding steroid dienone is 2. The van der Waals surface area contributed by atoms with Gasteiger partial charge in [0.2, 0.25) is 5.91 Å². The summed E-state index contributed by atoms with van der Waals surface area (Å²) < 4.78 is 7.06. The van der Waals surface area contributed by atoms with Gasteiger partial charge in [0.25, 0.3) is 5.91 Å². The van der Waals surface area contributed by atoms with Crippen LogP contribution < -0.4 is 5.32 Å². The summed E-state index contributed by atoms with van der Waals surface area (Å²) in [5.41, 5.74) is 5.11. The number of ether oxygens (including phenoxy) is 1. The molecule has 276 valence electrons. The molecule has 7 nitrogen and oxygen atoms in total. The summed E-state index contributed by atoms with van der Waals surface area (Å²) in [5.74, 6) is -0.0146. The van der Waals surface area contributed by atoms with Gasteiger partial charge in [0.05, 0.1) is 5.76 Å². The Morgan fingerprint density at radius 1 is 0.815 bits per heavy atom. The molecule has 7 rings (SSSR count). The van der Waals surface area contributed by atoms with E-state index in [0.717, 1.165) is 32.9 Å². The molecule has 0 radical (unpaired) electrons. The van der Waals surface area contributed by atoms with Crippen LogP contribution in [0.15, 0.2) is 155 Å². The largest absolute Gasteiger partial charge is 0.477 e. The summed E-state index contributed by atoms with van der Waals surface area (Å²) in [6.45, 7) is 6.50. The number of hydrogen-bond acceptors (Lipinski definition) is 6. The van der Waals surface area contributed by atoms with Crippen molar-refractivity contribution in [3.05, 3.63) is 172 Å². The first-order valence-electron chi connectivity index (χ1n) is 18.2. The van der Waals surface area contributed by atoms with Crippen LogP contribution in [-0.4, -0.2) is 50.7 Å². The predicted octanol–water partition coefficient (Wildman–Crippen LogP) is 8.82. The molecule has 0 saturated carbocycles. The van der Waals surface area contributed by atoms with E-state index in [0.29, 0.717) is 29.9 Å². The fourth-order valence-electron chi connectivity index (χ4n) is 7.22. The summed E-state index contributed by atoms with van der Waals surface area (Å²) in [5, 5.41) is 12.6. The van der Waals surface area contributed by atoms with E-state index in [1.165, 1.54) is 22.2 Å². The fourth-order valence-corrected chi connectivity index (χ4v) is 9.61. The van der Waals surface area contributed by atoms with Crippen molar-refractivity contribution in [2.45, 2.75) is 67.4 Å². The molecule has 9 heteroatoms. The maximum atomic E-state index is 13.4. The Labute approximate surface area is 325 Å². The molecule has 0 spiro atoms. The fraction of sp³-hybridized carbons (Fsp3) is 0.267. The van der Waals surface area contributed by atoms with Crippen LogP contribution in [0.25, 0.3) is 0 Å². The Bertz CT molecular complexity index is 2010. The zero-order valence-corrected chi connectivity index (χ0v) is 32.3. The normalized spacial score (nSPS) is 18.6. The summed E-state index contributed by atoms with van der Waals surface area (Å²) in [4.78, 5) is 41.5. The van der Waals surface area contributed by atoms with Crippen molar-refractivity contribution in [1.82, 2.24) is 10.2 Å². The second kappa shape index (κ2) is 15.8. The van der Waals surface area contributed by atoms with Crippen LogP contribution in [0.4, 0.5) is 0 Å². The van der Waals surface area contributed by atoms with Crippen molar-refractivity contribution in [3.63, 3.8) is 0 Å². The van der Waals surface area contributed by atoms with Crippen molar-refractivity contribution in [2.24, 2.45) is 0 Å². The number of nitrogens with one attached hydrogen (secondary N) is 1. The topological polar surface area (TPSA) is 95.9 Å². The number of carbonyl (C=O) groups excluding carboxylic acids is 2. The minimum absolute atomic E-state index is 0.0401. The predicted molar refractivity (Wildman–Crippen MR) is 216 cm³/mol. The number of carbonyl (C=O) groups is 3. The van der Waals surface area contributed by atoms with Gasteiger partial charge in [0, 0.05) is 45.9 Å². The second-order valence-corrected chi connectivity index (χ2v) is 16.9. The van der Waals surface area contributed by atoms with Gasteiger partial charge in [-0.1, -0.05) is 136 Å². The lowest BCUT2D eigenvalue weighted by Gasteiger charge is -2.49.